The van der Waals surface area contributed by atoms with Crippen molar-refractivity contribution < 1.29 is 39.5 Å². The van der Waals surface area contributed by atoms with Gasteiger partial charge in [-0.2, -0.15) is 0 Å². The molecule has 2 fully saturated rings. The van der Waals surface area contributed by atoms with Crippen molar-refractivity contribution >= 4 is 41.3 Å². The SMILES string of the molecule is CS[C@H]1O[C@H]([C@H](NC(=O)[C@@H]2CC=C(/C=C/C(=O)NC3CCCC3)CCN2C(=O)O)[C@H](C)Cl)[C@H](O)[C@H](O)[C@H]1O. The second kappa shape index (κ2) is 14.0. The number of allylic oxidation sites excluding steroid dienone is 1. The average molecular weight is 576 g/mol. The lowest BCUT2D eigenvalue weighted by Gasteiger charge is -2.44. The number of carbonyl (C=O) groups is 3. The topological polar surface area (TPSA) is 169 Å². The van der Waals surface area contributed by atoms with E-state index >= 15 is 0 Å². The second-order valence-corrected chi connectivity index (χ2v) is 11.6. The molecule has 6 N–H and O–H groups in total. The van der Waals surface area contributed by atoms with Crippen LogP contribution in [0.5, 0.6) is 0 Å². The van der Waals surface area contributed by atoms with Crippen molar-refractivity contribution in [1.82, 2.24) is 15.5 Å². The molecule has 0 aromatic rings. The largest absolute Gasteiger partial charge is 0.465 e. The van der Waals surface area contributed by atoms with Crippen molar-refractivity contribution in [3.63, 3.8) is 0 Å². The number of halogens is 1. The van der Waals surface area contributed by atoms with Crippen molar-refractivity contribution in [2.75, 3.05) is 12.8 Å². The van der Waals surface area contributed by atoms with E-state index in [0.717, 1.165) is 47.9 Å². The highest BCUT2D eigenvalue weighted by Gasteiger charge is 2.48. The molecule has 1 aliphatic carbocycles. The Hall–Kier alpha value is -1.83. The maximum Gasteiger partial charge on any atom is 0.408 e. The van der Waals surface area contributed by atoms with Gasteiger partial charge in [0.2, 0.25) is 11.8 Å². The number of thioether (sulfide) groups is 1. The summed E-state index contributed by atoms with van der Waals surface area (Å²) in [5, 5.41) is 45.7. The molecule has 0 unspecified atom stereocenters. The van der Waals surface area contributed by atoms with Gasteiger partial charge in [-0.05, 0) is 44.4 Å². The molecule has 2 heterocycles. The van der Waals surface area contributed by atoms with E-state index in [2.05, 4.69) is 10.6 Å². The Labute approximate surface area is 231 Å². The Morgan fingerprint density at radius 1 is 1.18 bits per heavy atom. The van der Waals surface area contributed by atoms with E-state index in [1.807, 2.05) is 0 Å². The van der Waals surface area contributed by atoms with E-state index in [0.29, 0.717) is 6.42 Å². The van der Waals surface area contributed by atoms with Crippen LogP contribution in [-0.2, 0) is 14.3 Å². The van der Waals surface area contributed by atoms with Gasteiger partial charge in [-0.15, -0.1) is 23.4 Å². The highest BCUT2D eigenvalue weighted by atomic mass is 35.5. The zero-order chi connectivity index (χ0) is 28.0. The Balaban J connectivity index is 1.71. The average Bonchev–Trinajstić information content (AvgIpc) is 3.28. The molecule has 0 spiro atoms. The van der Waals surface area contributed by atoms with Gasteiger partial charge < -0.3 is 35.8 Å². The number of rotatable bonds is 8. The molecule has 3 aliphatic rings. The number of carboxylic acid groups (broad SMARTS) is 1. The van der Waals surface area contributed by atoms with Gasteiger partial charge in [0.25, 0.3) is 0 Å². The highest BCUT2D eigenvalue weighted by Crippen LogP contribution is 2.30. The maximum atomic E-state index is 13.4. The van der Waals surface area contributed by atoms with Crippen LogP contribution in [0.2, 0.25) is 0 Å². The first-order chi connectivity index (χ1) is 18.0. The van der Waals surface area contributed by atoms with E-state index < -0.39 is 59.3 Å². The molecular formula is C25H38ClN3O8S. The van der Waals surface area contributed by atoms with Crippen LogP contribution in [-0.4, -0.2) is 109 Å². The minimum Gasteiger partial charge on any atom is -0.465 e. The van der Waals surface area contributed by atoms with Gasteiger partial charge in [-0.25, -0.2) is 4.79 Å². The molecule has 3 rings (SSSR count). The maximum absolute atomic E-state index is 13.4. The van der Waals surface area contributed by atoms with Gasteiger partial charge in [0.05, 0.1) is 11.4 Å². The van der Waals surface area contributed by atoms with Crippen molar-refractivity contribution in [1.29, 1.82) is 0 Å². The molecule has 13 heteroatoms. The molecular weight excluding hydrogens is 538 g/mol. The van der Waals surface area contributed by atoms with Gasteiger partial charge in [0.1, 0.15) is 35.9 Å². The number of ether oxygens (including phenoxy) is 1. The first-order valence-corrected chi connectivity index (χ1v) is 14.6. The summed E-state index contributed by atoms with van der Waals surface area (Å²) in [6.45, 7) is 1.62. The number of carbonyl (C=O) groups excluding carboxylic acids is 2. The summed E-state index contributed by atoms with van der Waals surface area (Å²) >= 11 is 7.47. The van der Waals surface area contributed by atoms with Gasteiger partial charge >= 0.3 is 6.09 Å². The Kier molecular flexibility index (Phi) is 11.3. The number of hydrogen-bond acceptors (Lipinski definition) is 8. The summed E-state index contributed by atoms with van der Waals surface area (Å²) in [5.74, 6) is -0.838. The fourth-order valence-corrected chi connectivity index (χ4v) is 6.00. The van der Waals surface area contributed by atoms with Gasteiger partial charge in [-0.1, -0.05) is 25.0 Å². The molecule has 38 heavy (non-hydrogen) atoms. The molecule has 0 radical (unpaired) electrons. The van der Waals surface area contributed by atoms with Crippen molar-refractivity contribution in [2.45, 2.75) is 98.8 Å². The molecule has 1 saturated heterocycles. The molecule has 0 bridgehead atoms. The van der Waals surface area contributed by atoms with Crippen LogP contribution in [0, 0.1) is 0 Å². The first kappa shape index (κ1) is 30.7. The van der Waals surface area contributed by atoms with Gasteiger partial charge in [0, 0.05) is 18.7 Å². The fourth-order valence-electron chi connectivity index (χ4n) is 5.11. The van der Waals surface area contributed by atoms with Gasteiger partial charge in [-0.3, -0.25) is 14.5 Å². The summed E-state index contributed by atoms with van der Waals surface area (Å²) in [6.07, 6.45) is 4.22. The lowest BCUT2D eigenvalue weighted by atomic mass is 9.93. The van der Waals surface area contributed by atoms with Crippen LogP contribution in [0.25, 0.3) is 0 Å². The van der Waals surface area contributed by atoms with E-state index in [4.69, 9.17) is 16.3 Å². The minimum atomic E-state index is -1.53. The second-order valence-electron chi connectivity index (χ2n) is 9.97. The van der Waals surface area contributed by atoms with E-state index in [-0.39, 0.29) is 24.9 Å². The number of amides is 3. The third kappa shape index (κ3) is 7.64. The van der Waals surface area contributed by atoms with Crippen molar-refractivity contribution in [3.8, 4) is 0 Å². The molecule has 0 aromatic carbocycles. The third-order valence-electron chi connectivity index (χ3n) is 7.32. The van der Waals surface area contributed by atoms with Crippen molar-refractivity contribution in [3.05, 3.63) is 23.8 Å². The predicted molar refractivity (Wildman–Crippen MR) is 143 cm³/mol. The van der Waals surface area contributed by atoms with Crippen LogP contribution >= 0.6 is 23.4 Å². The van der Waals surface area contributed by atoms with Gasteiger partial charge in [0.15, 0.2) is 0 Å². The molecule has 0 aromatic heterocycles. The Morgan fingerprint density at radius 3 is 2.47 bits per heavy atom. The smallest absolute Gasteiger partial charge is 0.408 e. The summed E-state index contributed by atoms with van der Waals surface area (Å²) in [7, 11) is 0. The predicted octanol–water partition coefficient (Wildman–Crippen LogP) is 0.953. The molecule has 2 aliphatic heterocycles. The molecule has 3 amide bonds. The zero-order valence-electron chi connectivity index (χ0n) is 21.5. The van der Waals surface area contributed by atoms with E-state index in [1.54, 1.807) is 25.3 Å². The number of alkyl halides is 1. The van der Waals surface area contributed by atoms with Crippen LogP contribution in [0.15, 0.2) is 23.8 Å². The highest BCUT2D eigenvalue weighted by molar-refractivity contribution is 7.99. The summed E-state index contributed by atoms with van der Waals surface area (Å²) in [4.78, 5) is 38.6. The number of hydrogen-bond donors (Lipinski definition) is 6. The molecule has 214 valence electrons. The third-order valence-corrected chi connectivity index (χ3v) is 8.44. The van der Waals surface area contributed by atoms with Crippen LogP contribution < -0.4 is 10.6 Å². The lowest BCUT2D eigenvalue weighted by molar-refractivity contribution is -0.205. The monoisotopic (exact) mass is 575 g/mol. The number of nitrogens with one attached hydrogen (secondary N) is 2. The van der Waals surface area contributed by atoms with Crippen molar-refractivity contribution in [2.24, 2.45) is 0 Å². The number of aliphatic hydroxyl groups excluding tert-OH is 3. The molecule has 8 atom stereocenters. The lowest BCUT2D eigenvalue weighted by Crippen LogP contribution is -2.65. The number of nitrogens with zero attached hydrogens (tertiary/aromatic N) is 1. The zero-order valence-corrected chi connectivity index (χ0v) is 23.1. The molecule has 1 saturated carbocycles. The van der Waals surface area contributed by atoms with E-state index in [9.17, 15) is 34.8 Å². The van der Waals surface area contributed by atoms with E-state index in [1.165, 1.54) is 6.08 Å². The van der Waals surface area contributed by atoms with Crippen LogP contribution in [0.3, 0.4) is 0 Å². The summed E-state index contributed by atoms with van der Waals surface area (Å²) in [5.41, 5.74) is -0.119. The Morgan fingerprint density at radius 2 is 1.87 bits per heavy atom. The summed E-state index contributed by atoms with van der Waals surface area (Å²) < 4.78 is 5.77. The fraction of sp³-hybridized carbons (Fsp3) is 0.720. The Bertz CT molecular complexity index is 911. The standard InChI is InChI=1S/C25H38ClN3O8S/c1-13(26)18(22-20(32)19(31)21(33)24(37-22)38-2)28-23(34)16-9-7-14(11-12-29(16)25(35)36)8-10-17(30)27-15-5-3-4-6-15/h7-8,10,13,15-16,18-22,24,31-33H,3-6,9,11-12H2,1-2H3,(H,27,30)(H,28,34)(H,35,36)/b10-8+/t13-,16-,18+,19-,20+,21+,22+,24+/m0/s1. The minimum absolute atomic E-state index is 0.0386. The summed E-state index contributed by atoms with van der Waals surface area (Å²) in [6, 6.07) is -1.89. The molecule has 11 nitrogen and oxygen atoms in total. The number of aliphatic hydroxyl groups is 3. The normalized spacial score (nSPS) is 32.4. The first-order valence-electron chi connectivity index (χ1n) is 12.9. The van der Waals surface area contributed by atoms with Crippen LogP contribution in [0.1, 0.15) is 45.4 Å². The van der Waals surface area contributed by atoms with Crippen LogP contribution in [0.4, 0.5) is 4.79 Å². The quantitative estimate of drug-likeness (QED) is 0.182.